The number of H-pyrrole nitrogens is 1. The molecule has 0 saturated heterocycles. The number of Topliss-reactive ketones (excluding diaryl/α,β-unsaturated/α-hetero) is 1. The molecule has 0 bridgehead atoms. The lowest BCUT2D eigenvalue weighted by atomic mass is 9.89. The summed E-state index contributed by atoms with van der Waals surface area (Å²) in [5, 5.41) is 0. The lowest BCUT2D eigenvalue weighted by Gasteiger charge is -2.25. The number of ketones is 1. The zero-order valence-corrected chi connectivity index (χ0v) is 21.2. The van der Waals surface area contributed by atoms with Crippen LogP contribution in [0, 0.1) is 5.92 Å². The van der Waals surface area contributed by atoms with Crippen molar-refractivity contribution in [3.8, 4) is 0 Å². The standard InChI is InChI=1S/C27H38N4O4/c1-4-5-15-31-25(28)24(26(34)29-27(31)35)30(16-14-18(2)3)23(33)13-12-22(32)21-11-10-19-8-6-7-9-20(19)17-21/h10-11,17-18H,4-9,12-16,28H2,1-3H3,(H,29,34,35). The number of carbonyl (C=O) groups is 2. The SMILES string of the molecule is CCCCn1c(N)c(N(CCC(C)C)C(=O)CCC(=O)c2ccc3c(c2)CCCC3)c(=O)[nH]c1=O. The van der Waals surface area contributed by atoms with Gasteiger partial charge in [0.1, 0.15) is 5.82 Å². The summed E-state index contributed by atoms with van der Waals surface area (Å²) >= 11 is 0. The Balaban J connectivity index is 1.82. The zero-order chi connectivity index (χ0) is 25.5. The van der Waals surface area contributed by atoms with Crippen molar-refractivity contribution in [3.05, 3.63) is 55.7 Å². The predicted molar refractivity (Wildman–Crippen MR) is 139 cm³/mol. The highest BCUT2D eigenvalue weighted by atomic mass is 16.2. The number of nitrogens with two attached hydrogens (primary N) is 1. The number of rotatable bonds is 11. The van der Waals surface area contributed by atoms with E-state index in [0.29, 0.717) is 24.9 Å². The lowest BCUT2D eigenvalue weighted by molar-refractivity contribution is -0.118. The Kier molecular flexibility index (Phi) is 9.07. The smallest absolute Gasteiger partial charge is 0.330 e. The first-order chi connectivity index (χ1) is 16.7. The minimum Gasteiger partial charge on any atom is -0.383 e. The summed E-state index contributed by atoms with van der Waals surface area (Å²) in [6.07, 6.45) is 6.55. The molecule has 3 rings (SSSR count). The van der Waals surface area contributed by atoms with Gasteiger partial charge >= 0.3 is 5.69 Å². The molecule has 190 valence electrons. The maximum absolute atomic E-state index is 13.3. The van der Waals surface area contributed by atoms with Crippen LogP contribution in [0.2, 0.25) is 0 Å². The molecule has 1 heterocycles. The van der Waals surface area contributed by atoms with Crippen LogP contribution in [-0.4, -0.2) is 27.8 Å². The van der Waals surface area contributed by atoms with Crippen LogP contribution in [0.3, 0.4) is 0 Å². The Bertz CT molecular complexity index is 1180. The number of anilines is 2. The summed E-state index contributed by atoms with van der Waals surface area (Å²) in [5.41, 5.74) is 8.14. The molecular weight excluding hydrogens is 444 g/mol. The number of hydrogen-bond donors (Lipinski definition) is 2. The Hall–Kier alpha value is -3.16. The van der Waals surface area contributed by atoms with E-state index in [0.717, 1.165) is 25.7 Å². The number of nitrogens with one attached hydrogen (secondary N) is 1. The Morgan fingerprint density at radius 3 is 2.51 bits per heavy atom. The van der Waals surface area contributed by atoms with Gasteiger partial charge in [-0.05, 0) is 61.6 Å². The van der Waals surface area contributed by atoms with Crippen LogP contribution >= 0.6 is 0 Å². The van der Waals surface area contributed by atoms with Crippen molar-refractivity contribution >= 4 is 23.2 Å². The van der Waals surface area contributed by atoms with Crippen molar-refractivity contribution < 1.29 is 9.59 Å². The van der Waals surface area contributed by atoms with Crippen molar-refractivity contribution in [3.63, 3.8) is 0 Å². The van der Waals surface area contributed by atoms with Gasteiger partial charge in [0, 0.05) is 31.5 Å². The summed E-state index contributed by atoms with van der Waals surface area (Å²) in [5.74, 6) is -0.167. The van der Waals surface area contributed by atoms with Gasteiger partial charge in [-0.15, -0.1) is 0 Å². The van der Waals surface area contributed by atoms with Crippen molar-refractivity contribution in [2.45, 2.75) is 85.1 Å². The number of nitrogens with zero attached hydrogens (tertiary/aromatic N) is 2. The van der Waals surface area contributed by atoms with E-state index in [9.17, 15) is 19.2 Å². The van der Waals surface area contributed by atoms with Gasteiger partial charge in [-0.3, -0.25) is 23.9 Å². The summed E-state index contributed by atoms with van der Waals surface area (Å²) in [7, 11) is 0. The van der Waals surface area contributed by atoms with Gasteiger partial charge in [-0.25, -0.2) is 4.79 Å². The number of nitrogen functional groups attached to an aromatic ring is 1. The largest absolute Gasteiger partial charge is 0.383 e. The molecule has 0 unspecified atom stereocenters. The minimum absolute atomic E-state index is 0.00687. The van der Waals surface area contributed by atoms with Gasteiger partial charge < -0.3 is 10.6 Å². The van der Waals surface area contributed by atoms with Crippen LogP contribution in [-0.2, 0) is 24.2 Å². The highest BCUT2D eigenvalue weighted by Gasteiger charge is 2.25. The molecule has 1 amide bonds. The van der Waals surface area contributed by atoms with E-state index in [1.165, 1.54) is 27.0 Å². The van der Waals surface area contributed by atoms with E-state index in [1.54, 1.807) is 0 Å². The van der Waals surface area contributed by atoms with Crippen LogP contribution in [0.15, 0.2) is 27.8 Å². The fourth-order valence-electron chi connectivity index (χ4n) is 4.53. The average Bonchev–Trinajstić information content (AvgIpc) is 2.83. The second kappa shape index (κ2) is 12.0. The molecule has 0 spiro atoms. The van der Waals surface area contributed by atoms with Crippen LogP contribution in [0.25, 0.3) is 0 Å². The third-order valence-corrected chi connectivity index (χ3v) is 6.69. The third kappa shape index (κ3) is 6.50. The second-order valence-corrected chi connectivity index (χ2v) is 9.84. The molecule has 8 nitrogen and oxygen atoms in total. The number of aromatic nitrogens is 2. The maximum atomic E-state index is 13.3. The molecule has 1 aromatic carbocycles. The van der Waals surface area contributed by atoms with Crippen molar-refractivity contribution in [2.75, 3.05) is 17.2 Å². The molecule has 0 saturated carbocycles. The molecular formula is C27H38N4O4. The van der Waals surface area contributed by atoms with Crippen molar-refractivity contribution in [1.29, 1.82) is 0 Å². The molecule has 8 heteroatoms. The molecule has 1 aliphatic rings. The number of amides is 1. The quantitative estimate of drug-likeness (QED) is 0.472. The number of benzene rings is 1. The second-order valence-electron chi connectivity index (χ2n) is 9.84. The predicted octanol–water partition coefficient (Wildman–Crippen LogP) is 3.84. The summed E-state index contributed by atoms with van der Waals surface area (Å²) in [6, 6.07) is 5.84. The highest BCUT2D eigenvalue weighted by molar-refractivity contribution is 6.01. The number of unbranched alkanes of at least 4 members (excludes halogenated alkanes) is 1. The normalized spacial score (nSPS) is 13.0. The Morgan fingerprint density at radius 1 is 1.11 bits per heavy atom. The molecule has 2 aromatic rings. The zero-order valence-electron chi connectivity index (χ0n) is 21.2. The van der Waals surface area contributed by atoms with Crippen LogP contribution in [0.4, 0.5) is 11.5 Å². The molecule has 0 fully saturated rings. The Morgan fingerprint density at radius 2 is 1.83 bits per heavy atom. The van der Waals surface area contributed by atoms with E-state index in [2.05, 4.69) is 4.98 Å². The van der Waals surface area contributed by atoms with Gasteiger partial charge in [0.05, 0.1) is 0 Å². The van der Waals surface area contributed by atoms with E-state index >= 15 is 0 Å². The fourth-order valence-corrected chi connectivity index (χ4v) is 4.53. The van der Waals surface area contributed by atoms with Crippen LogP contribution in [0.1, 0.15) is 87.2 Å². The molecule has 0 aliphatic heterocycles. The number of carbonyl (C=O) groups excluding carboxylic acids is 2. The van der Waals surface area contributed by atoms with Crippen LogP contribution in [0.5, 0.6) is 0 Å². The van der Waals surface area contributed by atoms with Crippen molar-refractivity contribution in [2.24, 2.45) is 5.92 Å². The van der Waals surface area contributed by atoms with E-state index in [1.807, 2.05) is 39.0 Å². The summed E-state index contributed by atoms with van der Waals surface area (Å²) < 4.78 is 1.31. The fraction of sp³-hybridized carbons (Fsp3) is 0.556. The molecule has 1 aromatic heterocycles. The Labute approximate surface area is 206 Å². The number of fused-ring (bicyclic) bond motifs is 1. The summed E-state index contributed by atoms with van der Waals surface area (Å²) in [4.78, 5) is 55.0. The monoisotopic (exact) mass is 482 g/mol. The topological polar surface area (TPSA) is 118 Å². The number of hydrogen-bond acceptors (Lipinski definition) is 5. The van der Waals surface area contributed by atoms with E-state index < -0.39 is 11.2 Å². The van der Waals surface area contributed by atoms with E-state index in [-0.39, 0.29) is 48.5 Å². The van der Waals surface area contributed by atoms with Gasteiger partial charge in [0.2, 0.25) is 5.91 Å². The number of aromatic amines is 1. The molecule has 1 aliphatic carbocycles. The first kappa shape index (κ1) is 26.4. The summed E-state index contributed by atoms with van der Waals surface area (Å²) in [6.45, 7) is 6.68. The third-order valence-electron chi connectivity index (χ3n) is 6.69. The number of aryl methyl sites for hydroxylation is 2. The first-order valence-corrected chi connectivity index (χ1v) is 12.8. The van der Waals surface area contributed by atoms with Crippen molar-refractivity contribution in [1.82, 2.24) is 9.55 Å². The highest BCUT2D eigenvalue weighted by Crippen LogP contribution is 2.24. The van der Waals surface area contributed by atoms with Gasteiger partial charge in [-0.1, -0.05) is 39.3 Å². The van der Waals surface area contributed by atoms with Gasteiger partial charge in [-0.2, -0.15) is 0 Å². The van der Waals surface area contributed by atoms with Gasteiger partial charge in [0.25, 0.3) is 5.56 Å². The first-order valence-electron chi connectivity index (χ1n) is 12.8. The van der Waals surface area contributed by atoms with Gasteiger partial charge in [0.15, 0.2) is 11.5 Å². The molecule has 35 heavy (non-hydrogen) atoms. The van der Waals surface area contributed by atoms with Crippen LogP contribution < -0.4 is 21.9 Å². The minimum atomic E-state index is -0.682. The average molecular weight is 483 g/mol. The maximum Gasteiger partial charge on any atom is 0.330 e. The lowest BCUT2D eigenvalue weighted by Crippen LogP contribution is -2.42. The molecule has 0 atom stereocenters. The van der Waals surface area contributed by atoms with E-state index in [4.69, 9.17) is 5.73 Å². The molecule has 3 N–H and O–H groups in total. The molecule has 0 radical (unpaired) electrons.